The van der Waals surface area contributed by atoms with Gasteiger partial charge in [0.1, 0.15) is 6.04 Å². The monoisotopic (exact) mass is 654 g/mol. The van der Waals surface area contributed by atoms with E-state index in [1.807, 2.05) is 39.0 Å². The van der Waals surface area contributed by atoms with Crippen molar-refractivity contribution >= 4 is 34.1 Å². The normalized spacial score (nSPS) is 14.3. The predicted octanol–water partition coefficient (Wildman–Crippen LogP) is 5.48. The van der Waals surface area contributed by atoms with Crippen molar-refractivity contribution in [3.05, 3.63) is 85.8 Å². The second-order valence-corrected chi connectivity index (χ2v) is 12.5. The number of aromatic nitrogens is 1. The average Bonchev–Trinajstić information content (AvgIpc) is 3.27. The van der Waals surface area contributed by atoms with E-state index in [0.717, 1.165) is 22.1 Å². The number of aryl methyl sites for hydroxylation is 2. The Hall–Kier alpha value is -5.32. The van der Waals surface area contributed by atoms with Gasteiger partial charge in [-0.2, -0.15) is 0 Å². The molecule has 4 aromatic rings. The van der Waals surface area contributed by atoms with E-state index in [2.05, 4.69) is 20.9 Å². The minimum absolute atomic E-state index is 0.121. The molecular weight excluding hydrogens is 612 g/mol. The molecule has 0 spiro atoms. The fourth-order valence-electron chi connectivity index (χ4n) is 6.46. The standard InChI is InChI=1S/C37H42N4O7/c1-19(2)14-30(37(45)39-23-9-10-24-20(3)15-33(44)41-29(24)17-23)40-28-13-11-25-26(18-31(28)43)27(38-21(4)42)12-8-22-16-32(46-5)35(47-6)36(48-7)34(22)25/h9-11,13,15-19,27,30H,8,12,14H2,1-7H3,(H,38,42)(H,39,45)(H,40,43)(H,41,44). The van der Waals surface area contributed by atoms with Crippen molar-refractivity contribution in [1.82, 2.24) is 10.3 Å². The summed E-state index contributed by atoms with van der Waals surface area (Å²) in [6.07, 6.45) is 1.54. The Balaban J connectivity index is 1.58. The number of fused-ring (bicyclic) bond motifs is 4. The lowest BCUT2D eigenvalue weighted by atomic mass is 9.95. The predicted molar refractivity (Wildman–Crippen MR) is 187 cm³/mol. The van der Waals surface area contributed by atoms with Crippen LogP contribution in [-0.4, -0.2) is 44.2 Å². The summed E-state index contributed by atoms with van der Waals surface area (Å²) in [4.78, 5) is 54.8. The smallest absolute Gasteiger partial charge is 0.248 e. The highest BCUT2D eigenvalue weighted by molar-refractivity contribution is 5.98. The minimum atomic E-state index is -0.760. The van der Waals surface area contributed by atoms with Gasteiger partial charge in [-0.15, -0.1) is 0 Å². The fourth-order valence-corrected chi connectivity index (χ4v) is 6.46. The SMILES string of the molecule is COc1cc2c(c(OC)c1OC)-c1ccc(NC(CC(C)C)C(=O)Nc3ccc4c(C)cc(=O)[nH]c4c3)c(=O)cc1C(NC(C)=O)CC2. The Morgan fingerprint density at radius 2 is 1.71 bits per heavy atom. The molecule has 2 atom stereocenters. The summed E-state index contributed by atoms with van der Waals surface area (Å²) in [6.45, 7) is 7.31. The van der Waals surface area contributed by atoms with Crippen LogP contribution >= 0.6 is 0 Å². The van der Waals surface area contributed by atoms with Crippen molar-refractivity contribution < 1.29 is 23.8 Å². The first kappa shape index (κ1) is 34.0. The fraction of sp³-hybridized carbons (Fsp3) is 0.351. The zero-order valence-corrected chi connectivity index (χ0v) is 28.3. The molecule has 0 radical (unpaired) electrons. The maximum atomic E-state index is 13.9. The van der Waals surface area contributed by atoms with Crippen LogP contribution in [0.1, 0.15) is 56.3 Å². The lowest BCUT2D eigenvalue weighted by Crippen LogP contribution is -2.37. The number of anilines is 2. The number of hydrogen-bond donors (Lipinski definition) is 4. The van der Waals surface area contributed by atoms with Gasteiger partial charge in [0.25, 0.3) is 0 Å². The van der Waals surface area contributed by atoms with Crippen LogP contribution in [0.4, 0.5) is 11.4 Å². The van der Waals surface area contributed by atoms with Gasteiger partial charge in [0, 0.05) is 29.6 Å². The van der Waals surface area contributed by atoms with Gasteiger partial charge in [0.05, 0.1) is 38.6 Å². The molecule has 1 heterocycles. The summed E-state index contributed by atoms with van der Waals surface area (Å²) in [5.41, 5.74) is 4.59. The molecule has 0 bridgehead atoms. The van der Waals surface area contributed by atoms with Crippen LogP contribution in [-0.2, 0) is 16.0 Å². The molecule has 11 heteroatoms. The molecule has 48 heavy (non-hydrogen) atoms. The molecular formula is C37H42N4O7. The topological polar surface area (TPSA) is 148 Å². The number of pyridine rings is 1. The summed E-state index contributed by atoms with van der Waals surface area (Å²) < 4.78 is 17.2. The summed E-state index contributed by atoms with van der Waals surface area (Å²) in [6, 6.07) is 12.6. The summed E-state index contributed by atoms with van der Waals surface area (Å²) in [7, 11) is 4.64. The molecule has 1 aliphatic rings. The highest BCUT2D eigenvalue weighted by atomic mass is 16.5. The number of benzene rings is 2. The number of carbonyl (C=O) groups excluding carboxylic acids is 2. The van der Waals surface area contributed by atoms with Crippen LogP contribution < -0.4 is 41.1 Å². The molecule has 11 nitrogen and oxygen atoms in total. The van der Waals surface area contributed by atoms with Crippen molar-refractivity contribution in [1.29, 1.82) is 0 Å². The highest BCUT2D eigenvalue weighted by Crippen LogP contribution is 2.50. The lowest BCUT2D eigenvalue weighted by Gasteiger charge is -2.21. The molecule has 1 aromatic heterocycles. The van der Waals surface area contributed by atoms with Gasteiger partial charge in [-0.05, 0) is 84.7 Å². The van der Waals surface area contributed by atoms with Crippen molar-refractivity contribution in [2.45, 2.75) is 59.0 Å². The third kappa shape index (κ3) is 7.00. The molecule has 5 rings (SSSR count). The van der Waals surface area contributed by atoms with E-state index in [1.165, 1.54) is 26.2 Å². The molecule has 0 saturated carbocycles. The second-order valence-electron chi connectivity index (χ2n) is 12.5. The largest absolute Gasteiger partial charge is 0.493 e. The molecule has 2 amide bonds. The number of nitrogens with one attached hydrogen (secondary N) is 4. The van der Waals surface area contributed by atoms with Gasteiger partial charge in [-0.25, -0.2) is 0 Å². The molecule has 2 unspecified atom stereocenters. The van der Waals surface area contributed by atoms with E-state index in [-0.39, 0.29) is 34.4 Å². The third-order valence-corrected chi connectivity index (χ3v) is 8.59. The molecule has 3 aromatic carbocycles. The quantitative estimate of drug-likeness (QED) is 0.176. The zero-order chi connectivity index (χ0) is 34.7. The summed E-state index contributed by atoms with van der Waals surface area (Å²) >= 11 is 0. The van der Waals surface area contributed by atoms with Gasteiger partial charge < -0.3 is 35.1 Å². The van der Waals surface area contributed by atoms with Gasteiger partial charge in [-0.1, -0.05) is 26.0 Å². The van der Waals surface area contributed by atoms with Crippen molar-refractivity contribution in [2.75, 3.05) is 32.0 Å². The Kier molecular flexibility index (Phi) is 10.1. The number of amides is 2. The van der Waals surface area contributed by atoms with Crippen LogP contribution in [0.25, 0.3) is 22.0 Å². The summed E-state index contributed by atoms with van der Waals surface area (Å²) in [5, 5.41) is 10.1. The van der Waals surface area contributed by atoms with E-state index in [4.69, 9.17) is 14.2 Å². The maximum Gasteiger partial charge on any atom is 0.248 e. The number of H-pyrrole nitrogens is 1. The first-order valence-corrected chi connectivity index (χ1v) is 15.9. The Morgan fingerprint density at radius 3 is 2.38 bits per heavy atom. The number of hydrogen-bond acceptors (Lipinski definition) is 8. The third-order valence-electron chi connectivity index (χ3n) is 8.59. The lowest BCUT2D eigenvalue weighted by molar-refractivity contribution is -0.120. The van der Waals surface area contributed by atoms with E-state index < -0.39 is 12.1 Å². The molecule has 0 saturated heterocycles. The van der Waals surface area contributed by atoms with Crippen LogP contribution in [0.5, 0.6) is 17.2 Å². The van der Waals surface area contributed by atoms with Gasteiger partial charge in [-0.3, -0.25) is 19.2 Å². The number of carbonyl (C=O) groups is 2. The second kappa shape index (κ2) is 14.2. The maximum absolute atomic E-state index is 13.9. The minimum Gasteiger partial charge on any atom is -0.493 e. The number of ether oxygens (including phenoxy) is 3. The van der Waals surface area contributed by atoms with Crippen molar-refractivity contribution in [3.8, 4) is 28.4 Å². The number of methoxy groups -OCH3 is 3. The van der Waals surface area contributed by atoms with E-state index in [9.17, 15) is 19.2 Å². The van der Waals surface area contributed by atoms with Gasteiger partial charge in [0.15, 0.2) is 11.5 Å². The molecule has 0 aliphatic heterocycles. The zero-order valence-electron chi connectivity index (χ0n) is 28.3. The van der Waals surface area contributed by atoms with Crippen LogP contribution in [0, 0.1) is 12.8 Å². The number of aromatic amines is 1. The van der Waals surface area contributed by atoms with Crippen molar-refractivity contribution in [2.24, 2.45) is 5.92 Å². The van der Waals surface area contributed by atoms with Crippen LogP contribution in [0.15, 0.2) is 58.1 Å². The van der Waals surface area contributed by atoms with Gasteiger partial charge in [0.2, 0.25) is 28.6 Å². The Bertz CT molecular complexity index is 2000. The number of rotatable bonds is 10. The van der Waals surface area contributed by atoms with E-state index >= 15 is 0 Å². The Labute approximate surface area is 279 Å². The first-order valence-electron chi connectivity index (χ1n) is 15.9. The molecule has 0 fully saturated rings. The average molecular weight is 655 g/mol. The summed E-state index contributed by atoms with van der Waals surface area (Å²) in [5.74, 6) is 0.944. The highest BCUT2D eigenvalue weighted by Gasteiger charge is 2.30. The molecule has 1 aliphatic carbocycles. The van der Waals surface area contributed by atoms with E-state index in [1.54, 1.807) is 32.4 Å². The van der Waals surface area contributed by atoms with E-state index in [0.29, 0.717) is 58.8 Å². The Morgan fingerprint density at radius 1 is 0.958 bits per heavy atom. The van der Waals surface area contributed by atoms with Gasteiger partial charge >= 0.3 is 0 Å². The molecule has 252 valence electrons. The van der Waals surface area contributed by atoms with Crippen LogP contribution in [0.2, 0.25) is 0 Å². The molecule has 4 N–H and O–H groups in total. The van der Waals surface area contributed by atoms with Crippen molar-refractivity contribution in [3.63, 3.8) is 0 Å². The first-order chi connectivity index (χ1) is 22.9. The van der Waals surface area contributed by atoms with Crippen LogP contribution in [0.3, 0.4) is 0 Å².